The van der Waals surface area contributed by atoms with Gasteiger partial charge in [0.15, 0.2) is 11.7 Å². The van der Waals surface area contributed by atoms with Gasteiger partial charge in [-0.3, -0.25) is 14.9 Å². The highest BCUT2D eigenvalue weighted by Crippen LogP contribution is 2.17. The first kappa shape index (κ1) is 20.4. The van der Waals surface area contributed by atoms with Crippen molar-refractivity contribution >= 4 is 40.0 Å². The minimum absolute atomic E-state index is 0.0391. The van der Waals surface area contributed by atoms with Gasteiger partial charge in [0.05, 0.1) is 24.3 Å². The summed E-state index contributed by atoms with van der Waals surface area (Å²) in [6.45, 7) is 1.59. The summed E-state index contributed by atoms with van der Waals surface area (Å²) in [5, 5.41) is 4.52. The molecule has 0 fully saturated rings. The quantitative estimate of drug-likeness (QED) is 0.688. The predicted octanol–water partition coefficient (Wildman–Crippen LogP) is 2.11. The first-order valence-electron chi connectivity index (χ1n) is 8.23. The lowest BCUT2D eigenvalue weighted by Crippen LogP contribution is -2.21. The van der Waals surface area contributed by atoms with Gasteiger partial charge in [-0.25, -0.2) is 9.78 Å². The molecule has 0 aliphatic rings. The smallest absolute Gasteiger partial charge is 0.338 e. The summed E-state index contributed by atoms with van der Waals surface area (Å²) in [6, 6.07) is 6.91. The predicted molar refractivity (Wildman–Crippen MR) is 102 cm³/mol. The van der Waals surface area contributed by atoms with Crippen LogP contribution < -0.4 is 10.2 Å². The van der Waals surface area contributed by atoms with Crippen molar-refractivity contribution in [2.45, 2.75) is 13.3 Å². The third-order valence-electron chi connectivity index (χ3n) is 3.36. The maximum atomic E-state index is 12.1. The number of esters is 2. The van der Waals surface area contributed by atoms with Crippen molar-refractivity contribution in [3.63, 3.8) is 0 Å². The molecule has 0 unspecified atom stereocenters. The van der Waals surface area contributed by atoms with Crippen LogP contribution in [-0.2, 0) is 25.5 Å². The number of carbonyl (C=O) groups excluding carboxylic acids is 3. The van der Waals surface area contributed by atoms with Crippen molar-refractivity contribution in [3.8, 4) is 0 Å². The molecule has 1 aromatic heterocycles. The van der Waals surface area contributed by atoms with E-state index in [1.807, 2.05) is 25.1 Å². The summed E-state index contributed by atoms with van der Waals surface area (Å²) >= 11 is 1.18. The molecule has 1 N–H and O–H groups in total. The second-order valence-corrected chi connectivity index (χ2v) is 6.55. The second kappa shape index (κ2) is 9.67. The molecular weight excluding hydrogens is 370 g/mol. The van der Waals surface area contributed by atoms with Crippen LogP contribution in [0.2, 0.25) is 0 Å². The fourth-order valence-electron chi connectivity index (χ4n) is 2.09. The van der Waals surface area contributed by atoms with E-state index in [-0.39, 0.29) is 12.4 Å². The Hall–Kier alpha value is -2.94. The number of ether oxygens (including phenoxy) is 2. The number of amides is 1. The Morgan fingerprint density at radius 1 is 1.22 bits per heavy atom. The van der Waals surface area contributed by atoms with Gasteiger partial charge in [-0.15, -0.1) is 11.3 Å². The van der Waals surface area contributed by atoms with Gasteiger partial charge in [0.2, 0.25) is 0 Å². The van der Waals surface area contributed by atoms with E-state index >= 15 is 0 Å². The number of hydrogen-bond acceptors (Lipinski definition) is 8. The fraction of sp³-hybridized carbons (Fsp3) is 0.333. The Morgan fingerprint density at radius 2 is 2.00 bits per heavy atom. The maximum absolute atomic E-state index is 12.1. The number of aromatic nitrogens is 1. The highest BCUT2D eigenvalue weighted by Gasteiger charge is 2.13. The monoisotopic (exact) mass is 391 g/mol. The Balaban J connectivity index is 1.84. The molecule has 144 valence electrons. The van der Waals surface area contributed by atoms with E-state index in [1.54, 1.807) is 30.5 Å². The highest BCUT2D eigenvalue weighted by molar-refractivity contribution is 7.13. The number of anilines is 2. The standard InChI is InChI=1S/C18H21N3O5S/c1-4-25-16(23)9-13-11-27-18(19-13)20-15(22)10-26-17(24)12-6-5-7-14(8-12)21(2)3/h5-8,11H,4,9-10H2,1-3H3,(H,19,20,22). The molecule has 0 saturated carbocycles. The third kappa shape index (κ3) is 6.37. The minimum Gasteiger partial charge on any atom is -0.466 e. The van der Waals surface area contributed by atoms with Crippen LogP contribution in [0.25, 0.3) is 0 Å². The summed E-state index contributed by atoms with van der Waals surface area (Å²) < 4.78 is 9.88. The Kier molecular flexibility index (Phi) is 7.30. The molecule has 0 radical (unpaired) electrons. The van der Waals surface area contributed by atoms with E-state index in [2.05, 4.69) is 10.3 Å². The van der Waals surface area contributed by atoms with Crippen LogP contribution in [0, 0.1) is 0 Å². The van der Waals surface area contributed by atoms with Crippen LogP contribution in [-0.4, -0.2) is 50.1 Å². The van der Waals surface area contributed by atoms with Crippen LogP contribution in [0.5, 0.6) is 0 Å². The van der Waals surface area contributed by atoms with Gasteiger partial charge in [-0.05, 0) is 25.1 Å². The molecule has 2 aromatic rings. The molecule has 0 aliphatic heterocycles. The van der Waals surface area contributed by atoms with E-state index in [9.17, 15) is 14.4 Å². The fourth-order valence-corrected chi connectivity index (χ4v) is 2.81. The minimum atomic E-state index is -0.587. The van der Waals surface area contributed by atoms with E-state index in [4.69, 9.17) is 9.47 Å². The van der Waals surface area contributed by atoms with Crippen molar-refractivity contribution in [3.05, 3.63) is 40.9 Å². The molecule has 27 heavy (non-hydrogen) atoms. The first-order valence-corrected chi connectivity index (χ1v) is 9.11. The summed E-state index contributed by atoms with van der Waals surface area (Å²) in [7, 11) is 3.73. The number of nitrogens with one attached hydrogen (secondary N) is 1. The van der Waals surface area contributed by atoms with Crippen LogP contribution >= 0.6 is 11.3 Å². The summed E-state index contributed by atoms with van der Waals surface area (Å²) in [5.41, 5.74) is 1.72. The van der Waals surface area contributed by atoms with Crippen molar-refractivity contribution in [2.24, 2.45) is 0 Å². The average Bonchev–Trinajstić information content (AvgIpc) is 3.06. The average molecular weight is 391 g/mol. The molecule has 0 spiro atoms. The van der Waals surface area contributed by atoms with Gasteiger partial charge >= 0.3 is 11.9 Å². The largest absolute Gasteiger partial charge is 0.466 e. The van der Waals surface area contributed by atoms with E-state index in [1.165, 1.54) is 11.3 Å². The van der Waals surface area contributed by atoms with Crippen LogP contribution in [0.1, 0.15) is 23.0 Å². The number of carbonyl (C=O) groups is 3. The van der Waals surface area contributed by atoms with Crippen LogP contribution in [0.3, 0.4) is 0 Å². The Morgan fingerprint density at radius 3 is 2.70 bits per heavy atom. The zero-order valence-corrected chi connectivity index (χ0v) is 16.2. The molecule has 2 rings (SSSR count). The molecule has 1 aromatic carbocycles. The van der Waals surface area contributed by atoms with Crippen molar-refractivity contribution in [1.29, 1.82) is 0 Å². The number of nitrogens with zero attached hydrogens (tertiary/aromatic N) is 2. The molecule has 9 heteroatoms. The first-order chi connectivity index (χ1) is 12.9. The van der Waals surface area contributed by atoms with Gasteiger partial charge < -0.3 is 14.4 Å². The highest BCUT2D eigenvalue weighted by atomic mass is 32.1. The van der Waals surface area contributed by atoms with Gasteiger partial charge in [0.25, 0.3) is 5.91 Å². The summed E-state index contributed by atoms with van der Waals surface area (Å²) in [4.78, 5) is 41.4. The van der Waals surface area contributed by atoms with E-state index < -0.39 is 18.5 Å². The molecule has 0 bridgehead atoms. The molecular formula is C18H21N3O5S. The van der Waals surface area contributed by atoms with Crippen molar-refractivity contribution < 1.29 is 23.9 Å². The summed E-state index contributed by atoms with van der Waals surface area (Å²) in [5.74, 6) is -1.48. The molecule has 0 aliphatic carbocycles. The third-order valence-corrected chi connectivity index (χ3v) is 4.17. The Bertz CT molecular complexity index is 819. The van der Waals surface area contributed by atoms with Crippen LogP contribution in [0.4, 0.5) is 10.8 Å². The topological polar surface area (TPSA) is 97.8 Å². The van der Waals surface area contributed by atoms with Gasteiger partial charge in [0.1, 0.15) is 0 Å². The second-order valence-electron chi connectivity index (χ2n) is 5.69. The zero-order chi connectivity index (χ0) is 19.8. The molecule has 0 atom stereocenters. The lowest BCUT2D eigenvalue weighted by Gasteiger charge is -2.13. The van der Waals surface area contributed by atoms with Crippen molar-refractivity contribution in [2.75, 3.05) is 37.5 Å². The van der Waals surface area contributed by atoms with E-state index in [0.717, 1.165) is 5.69 Å². The maximum Gasteiger partial charge on any atom is 0.338 e. The van der Waals surface area contributed by atoms with Crippen molar-refractivity contribution in [1.82, 2.24) is 4.98 Å². The Labute approximate surface area is 161 Å². The number of thiazole rings is 1. The normalized spacial score (nSPS) is 10.2. The van der Waals surface area contributed by atoms with Crippen LogP contribution in [0.15, 0.2) is 29.6 Å². The summed E-state index contributed by atoms with van der Waals surface area (Å²) in [6.07, 6.45) is 0.0391. The lowest BCUT2D eigenvalue weighted by atomic mass is 10.2. The van der Waals surface area contributed by atoms with Gasteiger partial charge in [-0.1, -0.05) is 6.07 Å². The molecule has 0 saturated heterocycles. The number of hydrogen-bond donors (Lipinski definition) is 1. The van der Waals surface area contributed by atoms with E-state index in [0.29, 0.717) is 23.0 Å². The molecule has 1 heterocycles. The molecule has 8 nitrogen and oxygen atoms in total. The van der Waals surface area contributed by atoms with Gasteiger partial charge in [-0.2, -0.15) is 0 Å². The van der Waals surface area contributed by atoms with Gasteiger partial charge in [0, 0.05) is 25.2 Å². The SMILES string of the molecule is CCOC(=O)Cc1csc(NC(=O)COC(=O)c2cccc(N(C)C)c2)n1. The molecule has 1 amide bonds. The lowest BCUT2D eigenvalue weighted by molar-refractivity contribution is -0.142. The number of benzene rings is 1. The number of rotatable bonds is 8. The zero-order valence-electron chi connectivity index (χ0n) is 15.4.